The second-order valence-electron chi connectivity index (χ2n) is 5.19. The van der Waals surface area contributed by atoms with Crippen LogP contribution in [0.3, 0.4) is 0 Å². The van der Waals surface area contributed by atoms with Gasteiger partial charge in [-0.2, -0.15) is 5.26 Å². The maximum atomic E-state index is 9.15. The highest BCUT2D eigenvalue weighted by molar-refractivity contribution is 5.59. The first kappa shape index (κ1) is 12.9. The van der Waals surface area contributed by atoms with Gasteiger partial charge in [0.2, 0.25) is 0 Å². The highest BCUT2D eigenvalue weighted by atomic mass is 14.9. The second-order valence-corrected chi connectivity index (χ2v) is 5.19. The van der Waals surface area contributed by atoms with Gasteiger partial charge in [0.1, 0.15) is 6.07 Å². The van der Waals surface area contributed by atoms with Crippen molar-refractivity contribution in [2.24, 2.45) is 11.7 Å². The van der Waals surface area contributed by atoms with Gasteiger partial charge in [0.05, 0.1) is 11.3 Å². The van der Waals surface area contributed by atoms with E-state index in [2.05, 4.69) is 17.5 Å². The van der Waals surface area contributed by atoms with Crippen LogP contribution in [0.15, 0.2) is 18.2 Å². The number of hydrogen-bond donors (Lipinski definition) is 2. The van der Waals surface area contributed by atoms with Crippen LogP contribution in [0.4, 0.5) is 5.69 Å². The molecule has 2 atom stereocenters. The lowest BCUT2D eigenvalue weighted by atomic mass is 9.84. The lowest BCUT2D eigenvalue weighted by molar-refractivity contribution is 0.332. The van der Waals surface area contributed by atoms with Crippen molar-refractivity contribution in [1.82, 2.24) is 0 Å². The number of hydrogen-bond acceptors (Lipinski definition) is 3. The maximum absolute atomic E-state index is 9.15. The molecule has 2 unspecified atom stereocenters. The van der Waals surface area contributed by atoms with Crippen LogP contribution in [0.25, 0.3) is 0 Å². The number of nitriles is 1. The van der Waals surface area contributed by atoms with E-state index in [9.17, 15) is 0 Å². The molecule has 96 valence electrons. The number of nitrogens with zero attached hydrogens (tertiary/aromatic N) is 1. The Balaban J connectivity index is 2.17. The molecule has 1 saturated carbocycles. The average molecular weight is 243 g/mol. The molecule has 0 spiro atoms. The molecular weight excluding hydrogens is 222 g/mol. The molecule has 1 aromatic rings. The first-order chi connectivity index (χ1) is 8.74. The molecular formula is C15H21N3. The third-order valence-corrected chi connectivity index (χ3v) is 3.85. The lowest BCUT2D eigenvalue weighted by Crippen LogP contribution is -2.36. The Morgan fingerprint density at radius 3 is 2.89 bits per heavy atom. The first-order valence-corrected chi connectivity index (χ1v) is 6.72. The minimum absolute atomic E-state index is 0.414. The standard InChI is InChI=1S/C15H21N3/c1-11-6-7-13(10-17)15(8-11)18-14-5-3-2-4-12(14)9-16/h6-8,12,14,18H,2-5,9,16H2,1H3. The number of rotatable bonds is 3. The highest BCUT2D eigenvalue weighted by Gasteiger charge is 2.24. The summed E-state index contributed by atoms with van der Waals surface area (Å²) in [7, 11) is 0. The Morgan fingerprint density at radius 2 is 2.17 bits per heavy atom. The van der Waals surface area contributed by atoms with Crippen LogP contribution in [0, 0.1) is 24.2 Å². The fourth-order valence-corrected chi connectivity index (χ4v) is 2.75. The summed E-state index contributed by atoms with van der Waals surface area (Å²) in [6.07, 6.45) is 4.88. The molecule has 1 aliphatic rings. The SMILES string of the molecule is Cc1ccc(C#N)c(NC2CCCCC2CN)c1. The summed E-state index contributed by atoms with van der Waals surface area (Å²) in [5, 5.41) is 12.7. The molecule has 18 heavy (non-hydrogen) atoms. The highest BCUT2D eigenvalue weighted by Crippen LogP contribution is 2.28. The largest absolute Gasteiger partial charge is 0.381 e. The van der Waals surface area contributed by atoms with Crippen molar-refractivity contribution in [3.05, 3.63) is 29.3 Å². The van der Waals surface area contributed by atoms with Crippen molar-refractivity contribution in [2.45, 2.75) is 38.6 Å². The number of nitrogens with one attached hydrogen (secondary N) is 1. The van der Waals surface area contributed by atoms with Gasteiger partial charge < -0.3 is 11.1 Å². The van der Waals surface area contributed by atoms with E-state index in [1.165, 1.54) is 24.8 Å². The Bertz CT molecular complexity index is 448. The molecule has 3 heteroatoms. The third kappa shape index (κ3) is 2.83. The van der Waals surface area contributed by atoms with Crippen molar-refractivity contribution >= 4 is 5.69 Å². The first-order valence-electron chi connectivity index (χ1n) is 6.72. The zero-order valence-electron chi connectivity index (χ0n) is 10.9. The topological polar surface area (TPSA) is 61.8 Å². The summed E-state index contributed by atoms with van der Waals surface area (Å²) >= 11 is 0. The van der Waals surface area contributed by atoms with Gasteiger partial charge in [-0.3, -0.25) is 0 Å². The number of anilines is 1. The van der Waals surface area contributed by atoms with Crippen LogP contribution in [0.1, 0.15) is 36.8 Å². The zero-order chi connectivity index (χ0) is 13.0. The smallest absolute Gasteiger partial charge is 0.101 e. The van der Waals surface area contributed by atoms with Gasteiger partial charge in [0, 0.05) is 6.04 Å². The van der Waals surface area contributed by atoms with Gasteiger partial charge in [-0.25, -0.2) is 0 Å². The van der Waals surface area contributed by atoms with E-state index in [4.69, 9.17) is 11.0 Å². The Hall–Kier alpha value is -1.53. The molecule has 0 amide bonds. The number of benzene rings is 1. The van der Waals surface area contributed by atoms with Crippen molar-refractivity contribution < 1.29 is 0 Å². The molecule has 0 bridgehead atoms. The second kappa shape index (κ2) is 5.88. The predicted octanol–water partition coefficient (Wildman–Crippen LogP) is 2.80. The van der Waals surface area contributed by atoms with E-state index in [-0.39, 0.29) is 0 Å². The van der Waals surface area contributed by atoms with Crippen molar-refractivity contribution in [1.29, 1.82) is 5.26 Å². The average Bonchev–Trinajstić information content (AvgIpc) is 2.40. The molecule has 3 nitrogen and oxygen atoms in total. The number of nitrogens with two attached hydrogens (primary N) is 1. The molecule has 0 radical (unpaired) electrons. The van der Waals surface area contributed by atoms with Crippen LogP contribution in [0.5, 0.6) is 0 Å². The third-order valence-electron chi connectivity index (χ3n) is 3.85. The molecule has 0 aromatic heterocycles. The van der Waals surface area contributed by atoms with Crippen molar-refractivity contribution in [2.75, 3.05) is 11.9 Å². The monoisotopic (exact) mass is 243 g/mol. The van der Waals surface area contributed by atoms with E-state index in [1.807, 2.05) is 19.1 Å². The zero-order valence-corrected chi connectivity index (χ0v) is 10.9. The molecule has 3 N–H and O–H groups in total. The lowest BCUT2D eigenvalue weighted by Gasteiger charge is -2.32. The van der Waals surface area contributed by atoms with Gasteiger partial charge in [0.25, 0.3) is 0 Å². The fourth-order valence-electron chi connectivity index (χ4n) is 2.75. The van der Waals surface area contributed by atoms with Gasteiger partial charge in [-0.15, -0.1) is 0 Å². The quantitative estimate of drug-likeness (QED) is 0.858. The van der Waals surface area contributed by atoms with Gasteiger partial charge >= 0.3 is 0 Å². The minimum Gasteiger partial charge on any atom is -0.381 e. The van der Waals surface area contributed by atoms with Gasteiger partial charge in [-0.1, -0.05) is 18.9 Å². The summed E-state index contributed by atoms with van der Waals surface area (Å²) in [6, 6.07) is 8.59. The molecule has 0 heterocycles. The normalized spacial score (nSPS) is 23.4. The van der Waals surface area contributed by atoms with E-state index in [1.54, 1.807) is 0 Å². The minimum atomic E-state index is 0.414. The molecule has 1 aliphatic carbocycles. The fraction of sp³-hybridized carbons (Fsp3) is 0.533. The van der Waals surface area contributed by atoms with Crippen LogP contribution >= 0.6 is 0 Å². The van der Waals surface area contributed by atoms with Crippen LogP contribution in [-0.2, 0) is 0 Å². The van der Waals surface area contributed by atoms with Crippen molar-refractivity contribution in [3.63, 3.8) is 0 Å². The van der Waals surface area contributed by atoms with Gasteiger partial charge in [-0.05, 0) is 49.9 Å². The molecule has 0 aliphatic heterocycles. The van der Waals surface area contributed by atoms with Crippen LogP contribution in [-0.4, -0.2) is 12.6 Å². The van der Waals surface area contributed by atoms with E-state index < -0.39 is 0 Å². The molecule has 0 saturated heterocycles. The predicted molar refractivity (Wildman–Crippen MR) is 74.3 cm³/mol. The molecule has 1 fully saturated rings. The van der Waals surface area contributed by atoms with E-state index in [0.717, 1.165) is 24.2 Å². The van der Waals surface area contributed by atoms with Gasteiger partial charge in [0.15, 0.2) is 0 Å². The summed E-state index contributed by atoms with van der Waals surface area (Å²) in [5.41, 5.74) is 8.71. The Morgan fingerprint density at radius 1 is 1.39 bits per heavy atom. The van der Waals surface area contributed by atoms with E-state index in [0.29, 0.717) is 12.0 Å². The van der Waals surface area contributed by atoms with Crippen LogP contribution < -0.4 is 11.1 Å². The maximum Gasteiger partial charge on any atom is 0.101 e. The summed E-state index contributed by atoms with van der Waals surface area (Å²) < 4.78 is 0. The summed E-state index contributed by atoms with van der Waals surface area (Å²) in [5.74, 6) is 0.533. The molecule has 2 rings (SSSR count). The van der Waals surface area contributed by atoms with E-state index >= 15 is 0 Å². The van der Waals surface area contributed by atoms with Crippen molar-refractivity contribution in [3.8, 4) is 6.07 Å². The molecule has 1 aromatic carbocycles. The summed E-state index contributed by atoms with van der Waals surface area (Å²) in [6.45, 7) is 2.78. The Kier molecular flexibility index (Phi) is 4.22. The Labute approximate surface area is 109 Å². The number of aryl methyl sites for hydroxylation is 1. The summed E-state index contributed by atoms with van der Waals surface area (Å²) in [4.78, 5) is 0. The van der Waals surface area contributed by atoms with Crippen LogP contribution in [0.2, 0.25) is 0 Å².